The Morgan fingerprint density at radius 3 is 2.43 bits per heavy atom. The number of nitrogens with zero attached hydrogens (tertiary/aromatic N) is 1. The largest absolute Gasteiger partial charge is 0.489 e. The van der Waals surface area contributed by atoms with E-state index in [1.807, 2.05) is 6.07 Å². The summed E-state index contributed by atoms with van der Waals surface area (Å²) in [7, 11) is 0. The predicted molar refractivity (Wildman–Crippen MR) is 90.1 cm³/mol. The molecule has 2 rings (SSSR count). The van der Waals surface area contributed by atoms with Crippen LogP contribution in [0.1, 0.15) is 40.5 Å². The molecule has 1 aromatic rings. The van der Waals surface area contributed by atoms with Gasteiger partial charge in [-0.05, 0) is 44.7 Å². The number of ether oxygens (including phenoxy) is 1. The van der Waals surface area contributed by atoms with E-state index in [-0.39, 0.29) is 6.10 Å². The SMILES string of the molecule is CC(C)CN1CCC(Nc2ccccc2OC(C)C)CC1. The van der Waals surface area contributed by atoms with Crippen molar-refractivity contribution in [1.82, 2.24) is 4.90 Å². The van der Waals surface area contributed by atoms with Gasteiger partial charge in [0.25, 0.3) is 0 Å². The summed E-state index contributed by atoms with van der Waals surface area (Å²) in [5, 5.41) is 3.68. The van der Waals surface area contributed by atoms with Gasteiger partial charge in [-0.2, -0.15) is 0 Å². The minimum atomic E-state index is 0.209. The Balaban J connectivity index is 1.89. The van der Waals surface area contributed by atoms with Gasteiger partial charge in [0.1, 0.15) is 5.75 Å². The molecule has 0 bridgehead atoms. The summed E-state index contributed by atoms with van der Waals surface area (Å²) in [4.78, 5) is 2.58. The molecule has 0 amide bonds. The molecule has 1 saturated heterocycles. The molecule has 118 valence electrons. The number of rotatable bonds is 6. The zero-order valence-corrected chi connectivity index (χ0v) is 13.9. The number of para-hydroxylation sites is 2. The van der Waals surface area contributed by atoms with Crippen LogP contribution in [-0.4, -0.2) is 36.7 Å². The van der Waals surface area contributed by atoms with Crippen molar-refractivity contribution in [2.75, 3.05) is 25.0 Å². The summed E-state index contributed by atoms with van der Waals surface area (Å²) < 4.78 is 5.89. The van der Waals surface area contributed by atoms with Crippen LogP contribution in [0.5, 0.6) is 5.75 Å². The van der Waals surface area contributed by atoms with Gasteiger partial charge in [-0.1, -0.05) is 26.0 Å². The molecule has 1 heterocycles. The van der Waals surface area contributed by atoms with Gasteiger partial charge < -0.3 is 15.0 Å². The molecule has 0 aromatic heterocycles. The Hall–Kier alpha value is -1.22. The molecule has 0 spiro atoms. The Kier molecular flexibility index (Phi) is 5.92. The molecule has 3 nitrogen and oxygen atoms in total. The second kappa shape index (κ2) is 7.69. The number of likely N-dealkylation sites (tertiary alicyclic amines) is 1. The number of benzene rings is 1. The van der Waals surface area contributed by atoms with E-state index in [2.05, 4.69) is 56.1 Å². The van der Waals surface area contributed by atoms with Crippen LogP contribution < -0.4 is 10.1 Å². The lowest BCUT2D eigenvalue weighted by molar-refractivity contribution is 0.197. The standard InChI is InChI=1S/C18H30N2O/c1-14(2)13-20-11-9-16(10-12-20)19-17-7-5-6-8-18(17)21-15(3)4/h5-8,14-16,19H,9-13H2,1-4H3. The molecule has 0 saturated carbocycles. The maximum absolute atomic E-state index is 5.89. The van der Waals surface area contributed by atoms with Crippen molar-refractivity contribution in [3.8, 4) is 5.75 Å². The smallest absolute Gasteiger partial charge is 0.142 e. The average molecular weight is 290 g/mol. The number of hydrogen-bond donors (Lipinski definition) is 1. The Morgan fingerprint density at radius 2 is 1.81 bits per heavy atom. The van der Waals surface area contributed by atoms with Crippen molar-refractivity contribution in [2.24, 2.45) is 5.92 Å². The van der Waals surface area contributed by atoms with Crippen molar-refractivity contribution >= 4 is 5.69 Å². The van der Waals surface area contributed by atoms with Crippen molar-refractivity contribution in [3.05, 3.63) is 24.3 Å². The first-order valence-electron chi connectivity index (χ1n) is 8.29. The van der Waals surface area contributed by atoms with Crippen molar-refractivity contribution < 1.29 is 4.74 Å². The zero-order valence-electron chi connectivity index (χ0n) is 13.9. The van der Waals surface area contributed by atoms with Gasteiger partial charge >= 0.3 is 0 Å². The first-order chi connectivity index (χ1) is 10.0. The summed E-state index contributed by atoms with van der Waals surface area (Å²) in [6.45, 7) is 12.3. The maximum Gasteiger partial charge on any atom is 0.142 e. The van der Waals surface area contributed by atoms with Gasteiger partial charge in [0.05, 0.1) is 11.8 Å². The number of piperidine rings is 1. The molecule has 1 fully saturated rings. The lowest BCUT2D eigenvalue weighted by Gasteiger charge is -2.34. The first-order valence-corrected chi connectivity index (χ1v) is 8.29. The highest BCUT2D eigenvalue weighted by molar-refractivity contribution is 5.56. The lowest BCUT2D eigenvalue weighted by Crippen LogP contribution is -2.40. The van der Waals surface area contributed by atoms with Gasteiger partial charge in [0.15, 0.2) is 0 Å². The molecular formula is C18H30N2O. The fourth-order valence-corrected chi connectivity index (χ4v) is 2.94. The fraction of sp³-hybridized carbons (Fsp3) is 0.667. The molecule has 1 aromatic carbocycles. The molecule has 21 heavy (non-hydrogen) atoms. The van der Waals surface area contributed by atoms with Crippen LogP contribution in [0.4, 0.5) is 5.69 Å². The van der Waals surface area contributed by atoms with E-state index in [1.54, 1.807) is 0 Å². The normalized spacial score (nSPS) is 17.4. The van der Waals surface area contributed by atoms with E-state index in [1.165, 1.54) is 32.5 Å². The van der Waals surface area contributed by atoms with Gasteiger partial charge in [-0.15, -0.1) is 0 Å². The maximum atomic E-state index is 5.89. The topological polar surface area (TPSA) is 24.5 Å². The number of hydrogen-bond acceptors (Lipinski definition) is 3. The lowest BCUT2D eigenvalue weighted by atomic mass is 10.0. The predicted octanol–water partition coefficient (Wildman–Crippen LogP) is 4.01. The number of anilines is 1. The molecular weight excluding hydrogens is 260 g/mol. The van der Waals surface area contributed by atoms with Crippen molar-refractivity contribution in [1.29, 1.82) is 0 Å². The van der Waals surface area contributed by atoms with Gasteiger partial charge in [-0.25, -0.2) is 0 Å². The molecule has 1 aliphatic heterocycles. The summed E-state index contributed by atoms with van der Waals surface area (Å²) in [5.41, 5.74) is 1.13. The Labute approximate surface area is 129 Å². The minimum absolute atomic E-state index is 0.209. The van der Waals surface area contributed by atoms with Gasteiger partial charge in [0, 0.05) is 25.7 Å². The van der Waals surface area contributed by atoms with Gasteiger partial charge in [-0.3, -0.25) is 0 Å². The van der Waals surface area contributed by atoms with Crippen LogP contribution in [0.3, 0.4) is 0 Å². The van der Waals surface area contributed by atoms with Gasteiger partial charge in [0.2, 0.25) is 0 Å². The molecule has 1 N–H and O–H groups in total. The summed E-state index contributed by atoms with van der Waals surface area (Å²) >= 11 is 0. The number of nitrogens with one attached hydrogen (secondary N) is 1. The summed E-state index contributed by atoms with van der Waals surface area (Å²) in [6, 6.07) is 8.84. The van der Waals surface area contributed by atoms with E-state index in [9.17, 15) is 0 Å². The minimum Gasteiger partial charge on any atom is -0.489 e. The van der Waals surface area contributed by atoms with Crippen LogP contribution >= 0.6 is 0 Å². The molecule has 1 aliphatic rings. The van der Waals surface area contributed by atoms with Crippen LogP contribution in [-0.2, 0) is 0 Å². The fourth-order valence-electron chi connectivity index (χ4n) is 2.94. The zero-order chi connectivity index (χ0) is 15.2. The molecule has 0 radical (unpaired) electrons. The third-order valence-corrected chi connectivity index (χ3v) is 3.82. The van der Waals surface area contributed by atoms with Crippen LogP contribution in [0, 0.1) is 5.92 Å². The molecule has 0 aliphatic carbocycles. The van der Waals surface area contributed by atoms with Crippen LogP contribution in [0.15, 0.2) is 24.3 Å². The van der Waals surface area contributed by atoms with E-state index in [0.717, 1.165) is 17.4 Å². The third kappa shape index (κ3) is 5.24. The summed E-state index contributed by atoms with van der Waals surface area (Å²) in [6.07, 6.45) is 2.63. The second-order valence-electron chi connectivity index (χ2n) is 6.78. The summed E-state index contributed by atoms with van der Waals surface area (Å²) in [5.74, 6) is 1.73. The molecule has 0 unspecified atom stereocenters. The average Bonchev–Trinajstić information content (AvgIpc) is 2.42. The van der Waals surface area contributed by atoms with Crippen molar-refractivity contribution in [2.45, 2.75) is 52.7 Å². The monoisotopic (exact) mass is 290 g/mol. The quantitative estimate of drug-likeness (QED) is 0.857. The third-order valence-electron chi connectivity index (χ3n) is 3.82. The van der Waals surface area contributed by atoms with E-state index in [4.69, 9.17) is 4.74 Å². The van der Waals surface area contributed by atoms with Crippen LogP contribution in [0.25, 0.3) is 0 Å². The Morgan fingerprint density at radius 1 is 1.14 bits per heavy atom. The van der Waals surface area contributed by atoms with Crippen LogP contribution in [0.2, 0.25) is 0 Å². The highest BCUT2D eigenvalue weighted by atomic mass is 16.5. The van der Waals surface area contributed by atoms with E-state index in [0.29, 0.717) is 6.04 Å². The second-order valence-corrected chi connectivity index (χ2v) is 6.78. The van der Waals surface area contributed by atoms with E-state index >= 15 is 0 Å². The van der Waals surface area contributed by atoms with E-state index < -0.39 is 0 Å². The molecule has 0 atom stereocenters. The highest BCUT2D eigenvalue weighted by Crippen LogP contribution is 2.27. The first kappa shape index (κ1) is 16.2. The van der Waals surface area contributed by atoms with Crippen molar-refractivity contribution in [3.63, 3.8) is 0 Å². The Bertz CT molecular complexity index is 423. The highest BCUT2D eigenvalue weighted by Gasteiger charge is 2.20. The molecule has 3 heteroatoms.